The van der Waals surface area contributed by atoms with Crippen LogP contribution in [-0.2, 0) is 4.79 Å². The standard InChI is InChI=1S/C9H16N2OS2/c1-6(8(10)13)9(12)11-7-3-2-4-14-5-7/h6-7H,2-5H2,1H3,(H2,10,13)(H,11,12). The van der Waals surface area contributed by atoms with Crippen LogP contribution in [0.25, 0.3) is 0 Å². The van der Waals surface area contributed by atoms with Crippen molar-refractivity contribution in [3.63, 3.8) is 0 Å². The fourth-order valence-corrected chi connectivity index (χ4v) is 2.49. The first-order valence-electron chi connectivity index (χ1n) is 4.78. The smallest absolute Gasteiger partial charge is 0.229 e. The van der Waals surface area contributed by atoms with Gasteiger partial charge in [0.25, 0.3) is 0 Å². The van der Waals surface area contributed by atoms with Gasteiger partial charge < -0.3 is 11.1 Å². The third-order valence-corrected chi connectivity index (χ3v) is 3.90. The van der Waals surface area contributed by atoms with Gasteiger partial charge in [-0.15, -0.1) is 0 Å². The van der Waals surface area contributed by atoms with Crippen molar-refractivity contribution in [2.24, 2.45) is 11.7 Å². The van der Waals surface area contributed by atoms with Gasteiger partial charge in [0.05, 0.1) is 10.9 Å². The number of carbonyl (C=O) groups excluding carboxylic acids is 1. The van der Waals surface area contributed by atoms with Gasteiger partial charge in [-0.25, -0.2) is 0 Å². The molecular weight excluding hydrogens is 216 g/mol. The molecule has 0 radical (unpaired) electrons. The second kappa shape index (κ2) is 5.56. The van der Waals surface area contributed by atoms with Crippen LogP contribution >= 0.6 is 24.0 Å². The topological polar surface area (TPSA) is 55.1 Å². The molecule has 1 aliphatic heterocycles. The number of thiocarbonyl (C=S) groups is 1. The van der Waals surface area contributed by atoms with Gasteiger partial charge in [-0.3, -0.25) is 4.79 Å². The lowest BCUT2D eigenvalue weighted by molar-refractivity contribution is -0.123. The normalized spacial score (nSPS) is 23.9. The Kier molecular flexibility index (Phi) is 4.68. The van der Waals surface area contributed by atoms with Crippen LogP contribution in [0, 0.1) is 5.92 Å². The molecule has 3 N–H and O–H groups in total. The fraction of sp³-hybridized carbons (Fsp3) is 0.778. The van der Waals surface area contributed by atoms with E-state index in [1.165, 1.54) is 12.2 Å². The molecule has 1 heterocycles. The molecule has 0 bridgehead atoms. The molecule has 1 fully saturated rings. The average Bonchev–Trinajstić information content (AvgIpc) is 2.18. The van der Waals surface area contributed by atoms with E-state index in [4.69, 9.17) is 18.0 Å². The summed E-state index contributed by atoms with van der Waals surface area (Å²) in [6.07, 6.45) is 2.25. The minimum Gasteiger partial charge on any atom is -0.393 e. The Labute approximate surface area is 94.2 Å². The van der Waals surface area contributed by atoms with Crippen LogP contribution in [0.3, 0.4) is 0 Å². The summed E-state index contributed by atoms with van der Waals surface area (Å²) in [6.45, 7) is 1.74. The molecule has 0 aromatic heterocycles. The highest BCUT2D eigenvalue weighted by molar-refractivity contribution is 7.99. The Morgan fingerprint density at radius 2 is 2.43 bits per heavy atom. The van der Waals surface area contributed by atoms with E-state index in [0.717, 1.165) is 12.2 Å². The third-order valence-electron chi connectivity index (χ3n) is 2.33. The van der Waals surface area contributed by atoms with E-state index in [0.29, 0.717) is 6.04 Å². The Bertz CT molecular complexity index is 227. The van der Waals surface area contributed by atoms with Crippen molar-refractivity contribution in [1.29, 1.82) is 0 Å². The van der Waals surface area contributed by atoms with Crippen molar-refractivity contribution in [3.05, 3.63) is 0 Å². The molecule has 5 heteroatoms. The summed E-state index contributed by atoms with van der Waals surface area (Å²) >= 11 is 6.66. The van der Waals surface area contributed by atoms with Crippen molar-refractivity contribution < 1.29 is 4.79 Å². The second-order valence-corrected chi connectivity index (χ2v) is 5.17. The van der Waals surface area contributed by atoms with Gasteiger partial charge in [0.1, 0.15) is 0 Å². The maximum Gasteiger partial charge on any atom is 0.229 e. The first-order valence-corrected chi connectivity index (χ1v) is 6.35. The van der Waals surface area contributed by atoms with Crippen molar-refractivity contribution in [2.75, 3.05) is 11.5 Å². The lowest BCUT2D eigenvalue weighted by Crippen LogP contribution is -2.43. The van der Waals surface area contributed by atoms with Crippen LogP contribution in [0.2, 0.25) is 0 Å². The Hall–Kier alpha value is -0.290. The zero-order valence-corrected chi connectivity index (χ0v) is 9.92. The maximum atomic E-state index is 11.6. The van der Waals surface area contributed by atoms with E-state index in [-0.39, 0.29) is 16.8 Å². The van der Waals surface area contributed by atoms with E-state index in [2.05, 4.69) is 5.32 Å². The van der Waals surface area contributed by atoms with Gasteiger partial charge in [0.15, 0.2) is 0 Å². The lowest BCUT2D eigenvalue weighted by Gasteiger charge is -2.23. The van der Waals surface area contributed by atoms with Gasteiger partial charge >= 0.3 is 0 Å². The number of hydrogen-bond acceptors (Lipinski definition) is 3. The predicted octanol–water partition coefficient (Wildman–Crippen LogP) is 0.920. The van der Waals surface area contributed by atoms with Crippen molar-refractivity contribution in [1.82, 2.24) is 5.32 Å². The van der Waals surface area contributed by atoms with Gasteiger partial charge in [-0.1, -0.05) is 12.2 Å². The van der Waals surface area contributed by atoms with Crippen molar-refractivity contribution in [3.8, 4) is 0 Å². The van der Waals surface area contributed by atoms with Crippen LogP contribution in [0.4, 0.5) is 0 Å². The average molecular weight is 232 g/mol. The number of amides is 1. The Balaban J connectivity index is 2.35. The van der Waals surface area contributed by atoms with Crippen molar-refractivity contribution in [2.45, 2.75) is 25.8 Å². The van der Waals surface area contributed by atoms with Gasteiger partial charge in [-0.05, 0) is 25.5 Å². The molecule has 1 aliphatic rings. The molecule has 0 aliphatic carbocycles. The summed E-state index contributed by atoms with van der Waals surface area (Å²) in [6, 6.07) is 0.304. The molecule has 1 amide bonds. The second-order valence-electron chi connectivity index (χ2n) is 3.55. The molecule has 0 aromatic carbocycles. The van der Waals surface area contributed by atoms with Gasteiger partial charge in [-0.2, -0.15) is 11.8 Å². The molecule has 3 nitrogen and oxygen atoms in total. The van der Waals surface area contributed by atoms with Crippen LogP contribution in [0.1, 0.15) is 19.8 Å². The predicted molar refractivity (Wildman–Crippen MR) is 64.4 cm³/mol. The molecule has 80 valence electrons. The molecule has 0 spiro atoms. The first-order chi connectivity index (χ1) is 6.61. The summed E-state index contributed by atoms with van der Waals surface area (Å²) in [5.74, 6) is 1.83. The number of carbonyl (C=O) groups is 1. The quantitative estimate of drug-likeness (QED) is 0.711. The summed E-state index contributed by atoms with van der Waals surface area (Å²) in [5, 5.41) is 2.97. The largest absolute Gasteiger partial charge is 0.393 e. The van der Waals surface area contributed by atoms with Gasteiger partial charge in [0.2, 0.25) is 5.91 Å². The number of rotatable bonds is 3. The molecule has 0 aromatic rings. The zero-order valence-electron chi connectivity index (χ0n) is 8.29. The molecule has 1 rings (SSSR count). The fourth-order valence-electron chi connectivity index (χ4n) is 1.31. The summed E-state index contributed by atoms with van der Waals surface area (Å²) in [5.41, 5.74) is 5.41. The minimum absolute atomic E-state index is 0.0370. The molecule has 14 heavy (non-hydrogen) atoms. The van der Waals surface area contributed by atoms with Gasteiger partial charge in [0, 0.05) is 11.8 Å². The SMILES string of the molecule is CC(C(=O)NC1CCCSC1)C(N)=S. The van der Waals surface area contributed by atoms with E-state index >= 15 is 0 Å². The van der Waals surface area contributed by atoms with Crippen LogP contribution in [0.5, 0.6) is 0 Å². The number of nitrogens with one attached hydrogen (secondary N) is 1. The van der Waals surface area contributed by atoms with E-state index in [1.807, 2.05) is 11.8 Å². The van der Waals surface area contributed by atoms with Crippen LogP contribution < -0.4 is 11.1 Å². The maximum absolute atomic E-state index is 11.6. The summed E-state index contributed by atoms with van der Waals surface area (Å²) in [7, 11) is 0. The highest BCUT2D eigenvalue weighted by Crippen LogP contribution is 2.17. The summed E-state index contributed by atoms with van der Waals surface area (Å²) in [4.78, 5) is 11.8. The molecule has 0 saturated carbocycles. The summed E-state index contributed by atoms with van der Waals surface area (Å²) < 4.78 is 0. The highest BCUT2D eigenvalue weighted by Gasteiger charge is 2.20. The van der Waals surface area contributed by atoms with Crippen molar-refractivity contribution >= 4 is 34.9 Å². The monoisotopic (exact) mass is 232 g/mol. The molecule has 2 atom stereocenters. The third kappa shape index (κ3) is 3.46. The zero-order chi connectivity index (χ0) is 10.6. The van der Waals surface area contributed by atoms with Crippen LogP contribution in [0.15, 0.2) is 0 Å². The Morgan fingerprint density at radius 1 is 1.71 bits per heavy atom. The minimum atomic E-state index is -0.350. The number of hydrogen-bond donors (Lipinski definition) is 2. The number of thioether (sulfide) groups is 1. The van der Waals surface area contributed by atoms with E-state index < -0.39 is 0 Å². The lowest BCUT2D eigenvalue weighted by atomic mass is 10.1. The van der Waals surface area contributed by atoms with E-state index in [1.54, 1.807) is 6.92 Å². The molecule has 1 saturated heterocycles. The molecular formula is C9H16N2OS2. The Morgan fingerprint density at radius 3 is 2.93 bits per heavy atom. The molecule has 2 unspecified atom stereocenters. The van der Waals surface area contributed by atoms with Crippen LogP contribution in [-0.4, -0.2) is 28.4 Å². The first kappa shape index (κ1) is 11.8. The van der Waals surface area contributed by atoms with E-state index in [9.17, 15) is 4.79 Å². The number of nitrogens with two attached hydrogens (primary N) is 1. The highest BCUT2D eigenvalue weighted by atomic mass is 32.2.